The number of aliphatic hydroxyl groups excluding tert-OH is 1. The summed E-state index contributed by atoms with van der Waals surface area (Å²) in [6.45, 7) is 4.24. The minimum absolute atomic E-state index is 0.00448. The number of aliphatic hydroxyl groups is 1. The Morgan fingerprint density at radius 2 is 2.30 bits per heavy atom. The van der Waals surface area contributed by atoms with E-state index < -0.39 is 0 Å². The lowest BCUT2D eigenvalue weighted by atomic mass is 9.89. The van der Waals surface area contributed by atoms with E-state index in [4.69, 9.17) is 4.74 Å². The minimum Gasteiger partial charge on any atom is -0.493 e. The second kappa shape index (κ2) is 6.75. The van der Waals surface area contributed by atoms with Crippen molar-refractivity contribution in [2.24, 2.45) is 0 Å². The molecule has 1 aromatic rings. The van der Waals surface area contributed by atoms with Crippen molar-refractivity contribution in [2.45, 2.75) is 51.7 Å². The third kappa shape index (κ3) is 3.73. The van der Waals surface area contributed by atoms with Gasteiger partial charge in [0.15, 0.2) is 0 Å². The molecular formula is C16H23NO3. The highest BCUT2D eigenvalue weighted by Gasteiger charge is 2.20. The average Bonchev–Trinajstić information content (AvgIpc) is 2.39. The number of carbonyl (C=O) groups excluding carboxylic acids is 1. The Balaban J connectivity index is 1.94. The molecule has 0 fully saturated rings. The molecule has 110 valence electrons. The monoisotopic (exact) mass is 277 g/mol. The van der Waals surface area contributed by atoms with Crippen LogP contribution >= 0.6 is 0 Å². The van der Waals surface area contributed by atoms with Crippen LogP contribution in [0.15, 0.2) is 18.2 Å². The van der Waals surface area contributed by atoms with Crippen molar-refractivity contribution >= 4 is 5.91 Å². The topological polar surface area (TPSA) is 58.6 Å². The normalized spacial score (nSPS) is 17.7. The second-order valence-electron chi connectivity index (χ2n) is 5.55. The smallest absolute Gasteiger partial charge is 0.223 e. The lowest BCUT2D eigenvalue weighted by Crippen LogP contribution is -2.31. The van der Waals surface area contributed by atoms with Crippen molar-refractivity contribution < 1.29 is 14.6 Å². The van der Waals surface area contributed by atoms with E-state index in [1.807, 2.05) is 32.0 Å². The predicted octanol–water partition coefficient (Wildman–Crippen LogP) is 2.35. The molecule has 0 spiro atoms. The molecular weight excluding hydrogens is 254 g/mol. The summed E-state index contributed by atoms with van der Waals surface area (Å²) in [4.78, 5) is 11.6. The molecule has 0 heterocycles. The van der Waals surface area contributed by atoms with Gasteiger partial charge in [0.2, 0.25) is 5.91 Å². The highest BCUT2D eigenvalue weighted by atomic mass is 16.5. The van der Waals surface area contributed by atoms with Gasteiger partial charge in [-0.1, -0.05) is 12.1 Å². The number of carbonyl (C=O) groups is 1. The number of fused-ring (bicyclic) bond motifs is 1. The van der Waals surface area contributed by atoms with Gasteiger partial charge in [0, 0.05) is 6.04 Å². The Morgan fingerprint density at radius 3 is 3.05 bits per heavy atom. The minimum atomic E-state index is -0.383. The van der Waals surface area contributed by atoms with Gasteiger partial charge in [0.05, 0.1) is 19.1 Å². The Morgan fingerprint density at radius 1 is 1.50 bits per heavy atom. The molecule has 4 nitrogen and oxygen atoms in total. The SMILES string of the molecule is CC(C)NC(=O)CCOc1cccc2c1CCCC2O. The van der Waals surface area contributed by atoms with Gasteiger partial charge >= 0.3 is 0 Å². The summed E-state index contributed by atoms with van der Waals surface area (Å²) in [5.74, 6) is 0.809. The maximum absolute atomic E-state index is 11.6. The van der Waals surface area contributed by atoms with Crippen LogP contribution in [0.1, 0.15) is 50.3 Å². The molecule has 2 N–H and O–H groups in total. The van der Waals surface area contributed by atoms with Gasteiger partial charge in [0.25, 0.3) is 0 Å². The van der Waals surface area contributed by atoms with E-state index in [9.17, 15) is 9.90 Å². The molecule has 0 radical (unpaired) electrons. The maximum Gasteiger partial charge on any atom is 0.223 e. The van der Waals surface area contributed by atoms with Crippen molar-refractivity contribution in [1.82, 2.24) is 5.32 Å². The number of hydrogen-bond donors (Lipinski definition) is 2. The Labute approximate surface area is 120 Å². The zero-order chi connectivity index (χ0) is 14.5. The van der Waals surface area contributed by atoms with Crippen LogP contribution in [-0.4, -0.2) is 23.7 Å². The quantitative estimate of drug-likeness (QED) is 0.868. The first-order valence-corrected chi connectivity index (χ1v) is 7.30. The first kappa shape index (κ1) is 14.9. The molecule has 1 aliphatic rings. The first-order valence-electron chi connectivity index (χ1n) is 7.30. The van der Waals surface area contributed by atoms with Crippen LogP contribution in [0.25, 0.3) is 0 Å². The summed E-state index contributed by atoms with van der Waals surface area (Å²) in [6.07, 6.45) is 2.69. The van der Waals surface area contributed by atoms with Crippen molar-refractivity contribution in [3.05, 3.63) is 29.3 Å². The molecule has 0 aliphatic heterocycles. The molecule has 1 aromatic carbocycles. The molecule has 20 heavy (non-hydrogen) atoms. The van der Waals surface area contributed by atoms with Gasteiger partial charge in [-0.15, -0.1) is 0 Å². The largest absolute Gasteiger partial charge is 0.493 e. The zero-order valence-corrected chi connectivity index (χ0v) is 12.2. The standard InChI is InChI=1S/C16H23NO3/c1-11(2)17-16(19)9-10-20-15-8-4-5-12-13(15)6-3-7-14(12)18/h4-5,8,11,14,18H,3,6-7,9-10H2,1-2H3,(H,17,19). The average molecular weight is 277 g/mol. The van der Waals surface area contributed by atoms with Crippen LogP contribution < -0.4 is 10.1 Å². The van der Waals surface area contributed by atoms with E-state index in [0.717, 1.165) is 36.1 Å². The third-order valence-corrected chi connectivity index (χ3v) is 3.47. The van der Waals surface area contributed by atoms with E-state index in [1.54, 1.807) is 0 Å². The first-order chi connectivity index (χ1) is 9.58. The van der Waals surface area contributed by atoms with E-state index in [2.05, 4.69) is 5.32 Å². The molecule has 0 aromatic heterocycles. The zero-order valence-electron chi connectivity index (χ0n) is 12.2. The van der Waals surface area contributed by atoms with Gasteiger partial charge in [-0.25, -0.2) is 0 Å². The lowest BCUT2D eigenvalue weighted by Gasteiger charge is -2.23. The molecule has 1 unspecified atom stereocenters. The van der Waals surface area contributed by atoms with Gasteiger partial charge < -0.3 is 15.2 Å². The summed E-state index contributed by atoms with van der Waals surface area (Å²) < 4.78 is 5.73. The number of hydrogen-bond acceptors (Lipinski definition) is 3. The van der Waals surface area contributed by atoms with Crippen LogP contribution in [-0.2, 0) is 11.2 Å². The number of amides is 1. The van der Waals surface area contributed by atoms with Gasteiger partial charge in [0.1, 0.15) is 5.75 Å². The van der Waals surface area contributed by atoms with Crippen molar-refractivity contribution in [1.29, 1.82) is 0 Å². The molecule has 0 bridgehead atoms. The lowest BCUT2D eigenvalue weighted by molar-refractivity contribution is -0.122. The van der Waals surface area contributed by atoms with Gasteiger partial charge in [-0.3, -0.25) is 4.79 Å². The van der Waals surface area contributed by atoms with Crippen LogP contribution in [0.3, 0.4) is 0 Å². The predicted molar refractivity (Wildman–Crippen MR) is 77.7 cm³/mol. The fourth-order valence-electron chi connectivity index (χ4n) is 2.57. The van der Waals surface area contributed by atoms with E-state index in [-0.39, 0.29) is 18.1 Å². The number of nitrogens with one attached hydrogen (secondary N) is 1. The van der Waals surface area contributed by atoms with Gasteiger partial charge in [-0.2, -0.15) is 0 Å². The van der Waals surface area contributed by atoms with Crippen LogP contribution in [0, 0.1) is 0 Å². The summed E-state index contributed by atoms with van der Waals surface area (Å²) in [7, 11) is 0. The molecule has 0 saturated heterocycles. The van der Waals surface area contributed by atoms with Crippen LogP contribution in [0.4, 0.5) is 0 Å². The number of rotatable bonds is 5. The second-order valence-corrected chi connectivity index (χ2v) is 5.55. The highest BCUT2D eigenvalue weighted by Crippen LogP contribution is 2.35. The highest BCUT2D eigenvalue weighted by molar-refractivity contribution is 5.76. The summed E-state index contributed by atoms with van der Waals surface area (Å²) in [5.41, 5.74) is 2.07. The molecule has 1 amide bonds. The fourth-order valence-corrected chi connectivity index (χ4v) is 2.57. The molecule has 1 atom stereocenters. The van der Waals surface area contributed by atoms with Crippen molar-refractivity contribution in [3.8, 4) is 5.75 Å². The van der Waals surface area contributed by atoms with Crippen LogP contribution in [0.2, 0.25) is 0 Å². The van der Waals surface area contributed by atoms with Crippen LogP contribution in [0.5, 0.6) is 5.75 Å². The summed E-state index contributed by atoms with van der Waals surface area (Å²) in [5, 5.41) is 12.8. The summed E-state index contributed by atoms with van der Waals surface area (Å²) in [6, 6.07) is 5.92. The van der Waals surface area contributed by atoms with E-state index in [1.165, 1.54) is 0 Å². The molecule has 1 aliphatic carbocycles. The fraction of sp³-hybridized carbons (Fsp3) is 0.562. The molecule has 0 saturated carbocycles. The van der Waals surface area contributed by atoms with Gasteiger partial charge in [-0.05, 0) is 50.3 Å². The maximum atomic E-state index is 11.6. The Hall–Kier alpha value is -1.55. The van der Waals surface area contributed by atoms with Crippen molar-refractivity contribution in [2.75, 3.05) is 6.61 Å². The van der Waals surface area contributed by atoms with Crippen molar-refractivity contribution in [3.63, 3.8) is 0 Å². The number of benzene rings is 1. The third-order valence-electron chi connectivity index (χ3n) is 3.47. The number of ether oxygens (including phenoxy) is 1. The molecule has 2 rings (SSSR count). The van der Waals surface area contributed by atoms with E-state index >= 15 is 0 Å². The van der Waals surface area contributed by atoms with E-state index in [0.29, 0.717) is 13.0 Å². The summed E-state index contributed by atoms with van der Waals surface area (Å²) >= 11 is 0. The molecule has 4 heteroatoms. The Kier molecular flexibility index (Phi) is 5.01. The Bertz CT molecular complexity index is 471.